The van der Waals surface area contributed by atoms with Crippen LogP contribution < -0.4 is 0 Å². The van der Waals surface area contributed by atoms with E-state index in [4.69, 9.17) is 5.11 Å². The number of phenolic OH excluding ortho intramolecular Hbond substituents is 3. The van der Waals surface area contributed by atoms with Gasteiger partial charge in [0.15, 0.2) is 11.4 Å². The van der Waals surface area contributed by atoms with Gasteiger partial charge in [0.1, 0.15) is 54.6 Å². The topological polar surface area (TPSA) is 423 Å². The number of nitro groups is 1. The molecule has 8 N–H and O–H groups in total. The minimum absolute atomic E-state index is 0. The van der Waals surface area contributed by atoms with E-state index in [1.807, 2.05) is 0 Å². The Morgan fingerprint density at radius 1 is 0.500 bits per heavy atom. The first-order chi connectivity index (χ1) is 29.9. The minimum atomic E-state index is -5.24. The summed E-state index contributed by atoms with van der Waals surface area (Å²) < 4.78 is 104. The van der Waals surface area contributed by atoms with Gasteiger partial charge in [0.05, 0.1) is 27.7 Å². The van der Waals surface area contributed by atoms with E-state index < -0.39 is 118 Å². The van der Waals surface area contributed by atoms with Crippen LogP contribution in [0.4, 0.5) is 51.2 Å². The number of nitrogens with zero attached hydrogens (tertiary/aromatic N) is 9. The fourth-order valence-corrected chi connectivity index (χ4v) is 7.33. The molecule has 0 aliphatic carbocycles. The first kappa shape index (κ1) is 52.4. The van der Waals surface area contributed by atoms with Crippen LogP contribution in [0.1, 0.15) is 10.4 Å². The van der Waals surface area contributed by atoms with Gasteiger partial charge in [0.2, 0.25) is 0 Å². The maximum absolute atomic E-state index is 12.4. The average molecular weight is 984 g/mol. The molecule has 2 radical (unpaired) electrons. The van der Waals surface area contributed by atoms with E-state index in [0.717, 1.165) is 66.7 Å². The molecule has 0 fully saturated rings. The second-order valence-corrected chi connectivity index (χ2v) is 16.8. The predicted molar refractivity (Wildman–Crippen MR) is 228 cm³/mol. The quantitative estimate of drug-likeness (QED) is 0.0179. The standard InChI is InChI=1S/C35H23N9O17S3.2Na/c45-26-11-18(3-7-22(26)35(49)50)37-38-19-4-8-24(30(14-19)63(56,57)58)40-39-20-12-27(46)32(28(47)13-20)42-41-25-15-23-16(9-29(25)62(53,54)55)10-31(64(59,60)61)33(34(23)48)43-36-17-1-5-21(6-2-17)44(51)52;;/h1-15,45-48H,(H,49,50)(H,53,54,55)(H,56,57,58)(H,59,60,61);;. The number of carboxylic acids is 1. The van der Waals surface area contributed by atoms with Crippen molar-refractivity contribution in [3.63, 3.8) is 0 Å². The van der Waals surface area contributed by atoms with Gasteiger partial charge >= 0.3 is 5.97 Å². The van der Waals surface area contributed by atoms with Crippen molar-refractivity contribution in [1.29, 1.82) is 0 Å². The number of non-ortho nitro benzene ring substituents is 1. The molecule has 0 saturated carbocycles. The maximum atomic E-state index is 12.4. The van der Waals surface area contributed by atoms with Gasteiger partial charge in [-0.2, -0.15) is 45.7 Å². The Balaban J connectivity index is 0.00000476. The molecule has 6 aromatic rings. The molecule has 0 aliphatic heterocycles. The van der Waals surface area contributed by atoms with Crippen molar-refractivity contribution in [2.24, 2.45) is 40.9 Å². The van der Waals surface area contributed by atoms with Crippen molar-refractivity contribution in [2.45, 2.75) is 14.7 Å². The molecule has 6 aromatic carbocycles. The van der Waals surface area contributed by atoms with Crippen molar-refractivity contribution < 1.29 is 74.2 Å². The molecule has 0 saturated heterocycles. The number of aromatic hydroxyl groups is 4. The van der Waals surface area contributed by atoms with Crippen LogP contribution in [0.3, 0.4) is 0 Å². The third-order valence-corrected chi connectivity index (χ3v) is 10.9. The van der Waals surface area contributed by atoms with E-state index in [9.17, 15) is 74.2 Å². The summed E-state index contributed by atoms with van der Waals surface area (Å²) in [7, 11) is -15.5. The molecule has 0 heterocycles. The van der Waals surface area contributed by atoms with Crippen molar-refractivity contribution in [3.8, 4) is 23.0 Å². The fraction of sp³-hybridized carbons (Fsp3) is 0. The van der Waals surface area contributed by atoms with E-state index in [2.05, 4.69) is 40.9 Å². The van der Waals surface area contributed by atoms with Crippen molar-refractivity contribution >= 4 is 157 Å². The van der Waals surface area contributed by atoms with Crippen LogP contribution in [0.15, 0.2) is 147 Å². The van der Waals surface area contributed by atoms with Crippen LogP contribution in [0, 0.1) is 10.1 Å². The SMILES string of the molecule is O=C(O)c1ccc(N=Nc2ccc(N=Nc3cc(O)c(N=Nc4cc5c(O)c(N=Nc6ccc([N+](=O)[O-])cc6)c(S(=O)(=O)O)cc5cc4S(=O)(=O)O)c(O)c3)c(S(=O)(=O)O)c2)cc1O.[Na].[Na]. The average Bonchev–Trinajstić information content (AvgIpc) is 3.20. The third-order valence-electron chi connectivity index (χ3n) is 8.31. The molecule has 0 aromatic heterocycles. The van der Waals surface area contributed by atoms with E-state index in [1.165, 1.54) is 12.1 Å². The number of phenols is 4. The number of hydrogen-bond acceptors (Lipinski definition) is 21. The van der Waals surface area contributed by atoms with Gasteiger partial charge in [-0.3, -0.25) is 23.8 Å². The van der Waals surface area contributed by atoms with Gasteiger partial charge in [-0.25, -0.2) is 4.79 Å². The van der Waals surface area contributed by atoms with Crippen molar-refractivity contribution in [2.75, 3.05) is 0 Å². The summed E-state index contributed by atoms with van der Waals surface area (Å²) in [6, 6.07) is 14.4. The largest absolute Gasteiger partial charge is 0.507 e. The maximum Gasteiger partial charge on any atom is 0.339 e. The summed E-state index contributed by atoms with van der Waals surface area (Å²) in [5.74, 6) is -4.84. The van der Waals surface area contributed by atoms with Gasteiger partial charge in [-0.15, -0.1) is 20.5 Å². The summed E-state index contributed by atoms with van der Waals surface area (Å²) in [6.07, 6.45) is 0. The number of aromatic carboxylic acids is 1. The molecule has 0 aliphatic rings. The number of nitro benzene ring substituents is 1. The van der Waals surface area contributed by atoms with Crippen LogP contribution in [0.5, 0.6) is 23.0 Å². The second-order valence-electron chi connectivity index (χ2n) is 12.6. The number of rotatable bonds is 13. The number of carbonyl (C=O) groups is 1. The zero-order chi connectivity index (χ0) is 46.9. The van der Waals surface area contributed by atoms with Gasteiger partial charge in [-0.1, -0.05) is 0 Å². The first-order valence-electron chi connectivity index (χ1n) is 16.8. The fourth-order valence-electron chi connectivity index (χ4n) is 5.39. The molecular weight excluding hydrogens is 961 g/mol. The zero-order valence-electron chi connectivity index (χ0n) is 33.2. The molecule has 330 valence electrons. The van der Waals surface area contributed by atoms with Crippen LogP contribution >= 0.6 is 0 Å². The summed E-state index contributed by atoms with van der Waals surface area (Å²) in [6.45, 7) is 0. The molecule has 26 nitrogen and oxygen atoms in total. The summed E-state index contributed by atoms with van der Waals surface area (Å²) in [5.41, 5.74) is -4.23. The van der Waals surface area contributed by atoms with Crippen molar-refractivity contribution in [1.82, 2.24) is 0 Å². The number of azo groups is 4. The normalized spacial score (nSPS) is 12.2. The number of hydrogen-bond donors (Lipinski definition) is 8. The van der Waals surface area contributed by atoms with Crippen LogP contribution in [0.25, 0.3) is 10.8 Å². The predicted octanol–water partition coefficient (Wildman–Crippen LogP) is 7.91. The van der Waals surface area contributed by atoms with E-state index in [1.54, 1.807) is 0 Å². The molecule has 0 amide bonds. The van der Waals surface area contributed by atoms with Gasteiger partial charge in [-0.05, 0) is 66.0 Å². The number of carboxylic acid groups (broad SMARTS) is 1. The monoisotopic (exact) mass is 983 g/mol. The summed E-state index contributed by atoms with van der Waals surface area (Å²) >= 11 is 0. The molecule has 0 unspecified atom stereocenters. The van der Waals surface area contributed by atoms with Gasteiger partial charge in [0, 0.05) is 94.8 Å². The Bertz CT molecular complexity index is 3410. The molecule has 31 heteroatoms. The van der Waals surface area contributed by atoms with Crippen LogP contribution in [-0.2, 0) is 30.4 Å². The summed E-state index contributed by atoms with van der Waals surface area (Å²) in [4.78, 5) is 18.4. The Labute approximate surface area is 413 Å². The molecule has 0 bridgehead atoms. The van der Waals surface area contributed by atoms with Gasteiger partial charge < -0.3 is 25.5 Å². The first-order valence-corrected chi connectivity index (χ1v) is 21.2. The Morgan fingerprint density at radius 2 is 0.955 bits per heavy atom. The zero-order valence-corrected chi connectivity index (χ0v) is 39.6. The smallest absolute Gasteiger partial charge is 0.339 e. The Morgan fingerprint density at radius 3 is 1.50 bits per heavy atom. The second kappa shape index (κ2) is 20.5. The minimum Gasteiger partial charge on any atom is -0.507 e. The molecule has 66 heavy (non-hydrogen) atoms. The molecule has 6 rings (SSSR count). The Hall–Kier alpha value is -6.22. The van der Waals surface area contributed by atoms with Crippen molar-refractivity contribution in [3.05, 3.63) is 107 Å². The molecule has 0 spiro atoms. The van der Waals surface area contributed by atoms with Crippen LogP contribution in [-0.4, -0.2) is 134 Å². The number of benzene rings is 6. The van der Waals surface area contributed by atoms with E-state index in [-0.39, 0.29) is 87.6 Å². The number of fused-ring (bicyclic) bond motifs is 1. The molecule has 0 atom stereocenters. The van der Waals surface area contributed by atoms with E-state index in [0.29, 0.717) is 12.1 Å². The van der Waals surface area contributed by atoms with Crippen LogP contribution in [0.2, 0.25) is 0 Å². The molecular formula is C35H23N9Na2O17S3. The third kappa shape index (κ3) is 12.2. The van der Waals surface area contributed by atoms with E-state index >= 15 is 0 Å². The van der Waals surface area contributed by atoms with Gasteiger partial charge in [0.25, 0.3) is 36.0 Å². The Kier molecular flexibility index (Phi) is 16.3. The summed E-state index contributed by atoms with van der Waals surface area (Å²) in [5, 5.41) is 91.3.